The summed E-state index contributed by atoms with van der Waals surface area (Å²) in [6.45, 7) is -0.0909. The highest BCUT2D eigenvalue weighted by atomic mass is 16.5. The van der Waals surface area contributed by atoms with Crippen LogP contribution in [0.1, 0.15) is 10.4 Å². The maximum atomic E-state index is 11.2. The molecule has 0 aliphatic rings. The van der Waals surface area contributed by atoms with Crippen molar-refractivity contribution in [1.82, 2.24) is 0 Å². The third-order valence-electron chi connectivity index (χ3n) is 1.63. The molecule has 0 heterocycles. The van der Waals surface area contributed by atoms with E-state index in [2.05, 4.69) is 5.11 Å². The SMILES string of the molecule is COc1ccc(C(=O)CN=N)cc1. The van der Waals surface area contributed by atoms with Gasteiger partial charge in [-0.15, -0.1) is 0 Å². The van der Waals surface area contributed by atoms with Gasteiger partial charge in [0.25, 0.3) is 0 Å². The van der Waals surface area contributed by atoms with Crippen molar-refractivity contribution in [2.45, 2.75) is 0 Å². The summed E-state index contributed by atoms with van der Waals surface area (Å²) < 4.78 is 4.94. The maximum absolute atomic E-state index is 11.2. The molecular formula is C9H10N2O2. The van der Waals surface area contributed by atoms with Crippen molar-refractivity contribution in [3.05, 3.63) is 29.8 Å². The van der Waals surface area contributed by atoms with Crippen LogP contribution in [0.5, 0.6) is 5.75 Å². The number of hydrogen-bond acceptors (Lipinski definition) is 4. The minimum atomic E-state index is -0.155. The summed E-state index contributed by atoms with van der Waals surface area (Å²) >= 11 is 0. The van der Waals surface area contributed by atoms with Gasteiger partial charge in [-0.25, -0.2) is 5.53 Å². The van der Waals surface area contributed by atoms with Gasteiger partial charge in [-0.1, -0.05) is 0 Å². The van der Waals surface area contributed by atoms with Gasteiger partial charge < -0.3 is 4.74 Å². The van der Waals surface area contributed by atoms with Crippen molar-refractivity contribution in [1.29, 1.82) is 5.53 Å². The predicted octanol–water partition coefficient (Wildman–Crippen LogP) is 1.91. The molecule has 0 saturated heterocycles. The lowest BCUT2D eigenvalue weighted by Gasteiger charge is -2.00. The van der Waals surface area contributed by atoms with Crippen LogP contribution in [0.15, 0.2) is 29.4 Å². The number of nitrogens with zero attached hydrogens (tertiary/aromatic N) is 1. The Morgan fingerprint density at radius 1 is 1.46 bits per heavy atom. The van der Waals surface area contributed by atoms with Crippen LogP contribution < -0.4 is 4.74 Å². The number of ether oxygens (including phenoxy) is 1. The fourth-order valence-corrected chi connectivity index (χ4v) is 0.940. The first-order chi connectivity index (χ1) is 6.27. The van der Waals surface area contributed by atoms with Gasteiger partial charge in [0.2, 0.25) is 0 Å². The minimum Gasteiger partial charge on any atom is -0.497 e. The molecule has 0 aromatic heterocycles. The van der Waals surface area contributed by atoms with Crippen LogP contribution in [-0.4, -0.2) is 19.4 Å². The number of Topliss-reactive ketones (excluding diaryl/α,β-unsaturated/α-hetero) is 1. The Kier molecular flexibility index (Phi) is 3.14. The molecule has 0 aliphatic heterocycles. The summed E-state index contributed by atoms with van der Waals surface area (Å²) in [5, 5.41) is 3.02. The number of ketones is 1. The molecule has 0 fully saturated rings. The topological polar surface area (TPSA) is 62.5 Å². The molecule has 1 aromatic carbocycles. The smallest absolute Gasteiger partial charge is 0.186 e. The fourth-order valence-electron chi connectivity index (χ4n) is 0.940. The minimum absolute atomic E-state index is 0.0909. The van der Waals surface area contributed by atoms with Gasteiger partial charge in [-0.05, 0) is 24.3 Å². The lowest BCUT2D eigenvalue weighted by molar-refractivity contribution is 0.1000. The molecule has 0 atom stereocenters. The zero-order chi connectivity index (χ0) is 9.68. The largest absolute Gasteiger partial charge is 0.497 e. The van der Waals surface area contributed by atoms with Crippen molar-refractivity contribution in [2.75, 3.05) is 13.7 Å². The van der Waals surface area contributed by atoms with Crippen molar-refractivity contribution in [2.24, 2.45) is 5.11 Å². The highest BCUT2D eigenvalue weighted by Gasteiger charge is 2.03. The maximum Gasteiger partial charge on any atom is 0.186 e. The molecule has 0 aliphatic carbocycles. The summed E-state index contributed by atoms with van der Waals surface area (Å²) in [5.41, 5.74) is 7.09. The van der Waals surface area contributed by atoms with Crippen LogP contribution in [0, 0.1) is 5.53 Å². The van der Waals surface area contributed by atoms with Crippen molar-refractivity contribution in [3.8, 4) is 5.75 Å². The van der Waals surface area contributed by atoms with Crippen molar-refractivity contribution < 1.29 is 9.53 Å². The zero-order valence-corrected chi connectivity index (χ0v) is 7.28. The van der Waals surface area contributed by atoms with E-state index in [4.69, 9.17) is 10.3 Å². The van der Waals surface area contributed by atoms with Gasteiger partial charge in [-0.2, -0.15) is 5.11 Å². The Morgan fingerprint density at radius 2 is 2.08 bits per heavy atom. The molecule has 4 nitrogen and oxygen atoms in total. The monoisotopic (exact) mass is 178 g/mol. The molecule has 0 radical (unpaired) electrons. The van der Waals surface area contributed by atoms with Crippen LogP contribution in [0.4, 0.5) is 0 Å². The highest BCUT2D eigenvalue weighted by Crippen LogP contribution is 2.11. The number of carbonyl (C=O) groups is 1. The van der Waals surface area contributed by atoms with Gasteiger partial charge in [0, 0.05) is 5.56 Å². The first-order valence-electron chi connectivity index (χ1n) is 3.78. The molecule has 0 saturated carbocycles. The van der Waals surface area contributed by atoms with E-state index in [-0.39, 0.29) is 12.3 Å². The van der Waals surface area contributed by atoms with Crippen LogP contribution >= 0.6 is 0 Å². The van der Waals surface area contributed by atoms with E-state index in [0.717, 1.165) is 0 Å². The normalized spacial score (nSPS) is 9.31. The van der Waals surface area contributed by atoms with E-state index in [1.54, 1.807) is 31.4 Å². The molecule has 68 valence electrons. The molecule has 0 unspecified atom stereocenters. The van der Waals surface area contributed by atoms with Gasteiger partial charge in [0.1, 0.15) is 12.3 Å². The van der Waals surface area contributed by atoms with Crippen LogP contribution in [-0.2, 0) is 0 Å². The number of nitrogens with one attached hydrogen (secondary N) is 1. The summed E-state index contributed by atoms with van der Waals surface area (Å²) in [6.07, 6.45) is 0. The van der Waals surface area contributed by atoms with Crippen molar-refractivity contribution >= 4 is 5.78 Å². The Labute approximate surface area is 76.0 Å². The molecule has 1 aromatic rings. The summed E-state index contributed by atoms with van der Waals surface area (Å²) in [5.74, 6) is 0.553. The molecule has 1 N–H and O–H groups in total. The van der Waals surface area contributed by atoms with Gasteiger partial charge in [0.15, 0.2) is 5.78 Å². The fraction of sp³-hybridized carbons (Fsp3) is 0.222. The standard InChI is InChI=1S/C9H10N2O2/c1-13-8-4-2-7(3-5-8)9(12)6-11-10/h2-5,10H,6H2,1H3. The van der Waals surface area contributed by atoms with Crippen LogP contribution in [0.3, 0.4) is 0 Å². The molecule has 4 heteroatoms. The number of rotatable bonds is 4. The molecule has 1 rings (SSSR count). The number of hydrogen-bond donors (Lipinski definition) is 1. The van der Waals surface area contributed by atoms with Crippen molar-refractivity contribution in [3.63, 3.8) is 0 Å². The number of methoxy groups -OCH3 is 1. The third kappa shape index (κ3) is 2.37. The lowest BCUT2D eigenvalue weighted by Crippen LogP contribution is -2.02. The summed E-state index contributed by atoms with van der Waals surface area (Å²) in [7, 11) is 1.57. The van der Waals surface area contributed by atoms with E-state index in [0.29, 0.717) is 11.3 Å². The lowest BCUT2D eigenvalue weighted by atomic mass is 10.1. The second-order valence-corrected chi connectivity index (χ2v) is 2.47. The number of benzene rings is 1. The zero-order valence-electron chi connectivity index (χ0n) is 7.28. The van der Waals surface area contributed by atoms with Gasteiger partial charge in [-0.3, -0.25) is 4.79 Å². The quantitative estimate of drug-likeness (QED) is 0.565. The first kappa shape index (κ1) is 9.38. The third-order valence-corrected chi connectivity index (χ3v) is 1.63. The molecule has 13 heavy (non-hydrogen) atoms. The van der Waals surface area contributed by atoms with Gasteiger partial charge >= 0.3 is 0 Å². The first-order valence-corrected chi connectivity index (χ1v) is 3.78. The Hall–Kier alpha value is -1.71. The molecule has 0 amide bonds. The van der Waals surface area contributed by atoms with E-state index in [9.17, 15) is 4.79 Å². The van der Waals surface area contributed by atoms with Crippen LogP contribution in [0.2, 0.25) is 0 Å². The van der Waals surface area contributed by atoms with Gasteiger partial charge in [0.05, 0.1) is 7.11 Å². The van der Waals surface area contributed by atoms with Crippen LogP contribution in [0.25, 0.3) is 0 Å². The molecular weight excluding hydrogens is 168 g/mol. The van der Waals surface area contributed by atoms with E-state index in [1.165, 1.54) is 0 Å². The van der Waals surface area contributed by atoms with E-state index < -0.39 is 0 Å². The summed E-state index contributed by atoms with van der Waals surface area (Å²) in [4.78, 5) is 11.2. The highest BCUT2D eigenvalue weighted by molar-refractivity contribution is 5.97. The average molecular weight is 178 g/mol. The second-order valence-electron chi connectivity index (χ2n) is 2.47. The Balaban J connectivity index is 2.79. The second kappa shape index (κ2) is 4.35. The van der Waals surface area contributed by atoms with E-state index >= 15 is 0 Å². The predicted molar refractivity (Wildman–Crippen MR) is 47.3 cm³/mol. The number of carbonyl (C=O) groups excluding carboxylic acids is 1. The van der Waals surface area contributed by atoms with E-state index in [1.807, 2.05) is 0 Å². The molecule has 0 spiro atoms. The average Bonchev–Trinajstić information content (AvgIpc) is 2.18. The molecule has 0 bridgehead atoms. The summed E-state index contributed by atoms with van der Waals surface area (Å²) in [6, 6.07) is 6.73. The Morgan fingerprint density at radius 3 is 2.54 bits per heavy atom. The Bertz CT molecular complexity index is 306.